The highest BCUT2D eigenvalue weighted by molar-refractivity contribution is 5.73. The molecule has 0 saturated carbocycles. The van der Waals surface area contributed by atoms with E-state index >= 15 is 0 Å². The van der Waals surface area contributed by atoms with Crippen molar-refractivity contribution in [2.45, 2.75) is 44.3 Å². The Hall–Kier alpha value is -4.01. The van der Waals surface area contributed by atoms with Crippen LogP contribution in [0.4, 0.5) is 36.4 Å². The number of halogens is 7. The number of hydrogen-bond donors (Lipinski definition) is 1. The number of benzene rings is 3. The van der Waals surface area contributed by atoms with Gasteiger partial charge >= 0.3 is 12.4 Å². The second-order valence-corrected chi connectivity index (χ2v) is 10.8. The van der Waals surface area contributed by atoms with Crippen LogP contribution in [0.3, 0.4) is 0 Å². The van der Waals surface area contributed by atoms with Gasteiger partial charge in [0.25, 0.3) is 0 Å². The molecule has 14 heteroatoms. The number of nitrogens with one attached hydrogen (secondary N) is 1. The van der Waals surface area contributed by atoms with E-state index in [0.29, 0.717) is 35.9 Å². The molecule has 0 unspecified atom stereocenters. The van der Waals surface area contributed by atoms with Gasteiger partial charge in [-0.25, -0.2) is 9.37 Å². The van der Waals surface area contributed by atoms with Gasteiger partial charge in [0.1, 0.15) is 11.6 Å². The summed E-state index contributed by atoms with van der Waals surface area (Å²) in [4.78, 5) is 8.52. The summed E-state index contributed by atoms with van der Waals surface area (Å²) in [7, 11) is 3.80. The number of alkyl halides is 6. The third-order valence-corrected chi connectivity index (χ3v) is 7.45. The first-order valence-corrected chi connectivity index (χ1v) is 13.9. The molecule has 7 nitrogen and oxygen atoms in total. The highest BCUT2D eigenvalue weighted by atomic mass is 19.4. The van der Waals surface area contributed by atoms with Crippen molar-refractivity contribution in [1.82, 2.24) is 20.1 Å². The average Bonchev–Trinajstić information content (AvgIpc) is 3.45. The number of anilines is 1. The number of aromatic nitrogens is 3. The zero-order valence-corrected chi connectivity index (χ0v) is 24.5. The number of ether oxygens (including phenoxy) is 2. The molecular formula is C31H30F7N5O2. The van der Waals surface area contributed by atoms with Gasteiger partial charge in [0.2, 0.25) is 0 Å². The Kier molecular flexibility index (Phi) is 9.19. The first kappa shape index (κ1) is 32.4. The number of aromatic amines is 1. The number of H-pyrrole nitrogens is 1. The summed E-state index contributed by atoms with van der Waals surface area (Å²) in [5.41, 5.74) is -0.941. The Labute approximate surface area is 254 Å². The van der Waals surface area contributed by atoms with Crippen LogP contribution in [0.1, 0.15) is 47.1 Å². The van der Waals surface area contributed by atoms with Crippen LogP contribution in [0.25, 0.3) is 11.4 Å². The molecule has 0 radical (unpaired) electrons. The van der Waals surface area contributed by atoms with E-state index in [1.165, 1.54) is 31.2 Å². The van der Waals surface area contributed by atoms with E-state index in [-0.39, 0.29) is 24.8 Å². The molecule has 0 amide bonds. The summed E-state index contributed by atoms with van der Waals surface area (Å²) in [6.07, 6.45) is -12.4. The van der Waals surface area contributed by atoms with Crippen molar-refractivity contribution in [3.05, 3.63) is 101 Å². The summed E-state index contributed by atoms with van der Waals surface area (Å²) in [5.74, 6) is 0.468. The first-order valence-electron chi connectivity index (χ1n) is 13.9. The lowest BCUT2D eigenvalue weighted by Gasteiger charge is -2.41. The third-order valence-electron chi connectivity index (χ3n) is 7.45. The fourth-order valence-electron chi connectivity index (χ4n) is 5.23. The monoisotopic (exact) mass is 637 g/mol. The van der Waals surface area contributed by atoms with Crippen molar-refractivity contribution in [2.75, 3.05) is 32.1 Å². The van der Waals surface area contributed by atoms with Crippen molar-refractivity contribution in [2.24, 2.45) is 0 Å². The highest BCUT2D eigenvalue weighted by Crippen LogP contribution is 2.40. The van der Waals surface area contributed by atoms with Gasteiger partial charge < -0.3 is 14.4 Å². The lowest BCUT2D eigenvalue weighted by molar-refractivity contribution is -0.231. The molecule has 1 aliphatic heterocycles. The Bertz CT molecular complexity index is 1570. The van der Waals surface area contributed by atoms with Crippen molar-refractivity contribution < 1.29 is 40.2 Å². The van der Waals surface area contributed by atoms with Gasteiger partial charge in [-0.1, -0.05) is 24.3 Å². The van der Waals surface area contributed by atoms with E-state index < -0.39 is 47.7 Å². The van der Waals surface area contributed by atoms with Crippen LogP contribution in [-0.2, 0) is 28.4 Å². The number of hydrogen-bond acceptors (Lipinski definition) is 6. The molecule has 45 heavy (non-hydrogen) atoms. The Morgan fingerprint density at radius 1 is 0.978 bits per heavy atom. The molecule has 3 aromatic carbocycles. The predicted molar refractivity (Wildman–Crippen MR) is 151 cm³/mol. The quantitative estimate of drug-likeness (QED) is 0.203. The van der Waals surface area contributed by atoms with E-state index in [4.69, 9.17) is 9.47 Å². The summed E-state index contributed by atoms with van der Waals surface area (Å²) in [6.45, 7) is 2.06. The van der Waals surface area contributed by atoms with Crippen molar-refractivity contribution >= 4 is 5.69 Å². The molecular weight excluding hydrogens is 607 g/mol. The van der Waals surface area contributed by atoms with Crippen LogP contribution in [0.15, 0.2) is 66.7 Å². The lowest BCUT2D eigenvalue weighted by Crippen LogP contribution is -2.46. The second kappa shape index (κ2) is 12.8. The zero-order chi connectivity index (χ0) is 32.5. The van der Waals surface area contributed by atoms with Crippen LogP contribution >= 0.6 is 0 Å². The average molecular weight is 638 g/mol. The molecule has 1 aromatic heterocycles. The van der Waals surface area contributed by atoms with Gasteiger partial charge in [0.15, 0.2) is 12.1 Å². The summed E-state index contributed by atoms with van der Waals surface area (Å²) >= 11 is 0. The first-order chi connectivity index (χ1) is 21.2. The van der Waals surface area contributed by atoms with Gasteiger partial charge in [-0.2, -0.15) is 31.4 Å². The molecule has 240 valence electrons. The molecule has 1 fully saturated rings. The van der Waals surface area contributed by atoms with Gasteiger partial charge in [-0.05, 0) is 60.5 Å². The van der Waals surface area contributed by atoms with Gasteiger partial charge in [0, 0.05) is 31.9 Å². The number of nitrogens with zero attached hydrogens (tertiary/aromatic N) is 4. The molecule has 0 spiro atoms. The number of rotatable bonds is 8. The SMILES string of the molecule is C[C@@H](O[C@H]1OCCN(Cc2nc(-c3ccccc3N(C)C)n[nH]2)[C@H]1c1ccc(F)cc1)c1cc(C(F)(F)F)cc(C(F)(F)F)c1. The summed E-state index contributed by atoms with van der Waals surface area (Å²) < 4.78 is 107. The zero-order valence-electron chi connectivity index (χ0n) is 24.5. The van der Waals surface area contributed by atoms with E-state index in [1.54, 1.807) is 0 Å². The minimum absolute atomic E-state index is 0.0684. The Morgan fingerprint density at radius 2 is 1.62 bits per heavy atom. The van der Waals surface area contributed by atoms with E-state index in [0.717, 1.165) is 11.3 Å². The topological polar surface area (TPSA) is 66.5 Å². The van der Waals surface area contributed by atoms with Gasteiger partial charge in [0.05, 0.1) is 36.4 Å². The predicted octanol–water partition coefficient (Wildman–Crippen LogP) is 7.39. The minimum atomic E-state index is -5.01. The van der Waals surface area contributed by atoms with Crippen molar-refractivity contribution in [3.63, 3.8) is 0 Å². The van der Waals surface area contributed by atoms with E-state index in [9.17, 15) is 30.7 Å². The largest absolute Gasteiger partial charge is 0.416 e. The van der Waals surface area contributed by atoms with Crippen molar-refractivity contribution in [1.29, 1.82) is 0 Å². The van der Waals surface area contributed by atoms with Crippen LogP contribution in [0, 0.1) is 5.82 Å². The molecule has 0 bridgehead atoms. The fourth-order valence-corrected chi connectivity index (χ4v) is 5.23. The fraction of sp³-hybridized carbons (Fsp3) is 0.355. The number of para-hydroxylation sites is 1. The van der Waals surface area contributed by atoms with Crippen LogP contribution in [0.2, 0.25) is 0 Å². The molecule has 1 N–H and O–H groups in total. The maximum Gasteiger partial charge on any atom is 0.416 e. The number of morpholine rings is 1. The van der Waals surface area contributed by atoms with Crippen LogP contribution in [-0.4, -0.2) is 53.6 Å². The molecule has 5 rings (SSSR count). The lowest BCUT2D eigenvalue weighted by atomic mass is 10.0. The Morgan fingerprint density at radius 3 is 2.24 bits per heavy atom. The smallest absolute Gasteiger partial charge is 0.377 e. The van der Waals surface area contributed by atoms with Crippen LogP contribution in [0.5, 0.6) is 0 Å². The van der Waals surface area contributed by atoms with E-state index in [1.807, 2.05) is 48.2 Å². The summed E-state index contributed by atoms with van der Waals surface area (Å²) in [5, 5.41) is 7.33. The Balaban J connectivity index is 1.44. The highest BCUT2D eigenvalue weighted by Gasteiger charge is 2.39. The normalized spacial score (nSPS) is 18.6. The maximum absolute atomic E-state index is 13.9. The molecule has 1 aliphatic rings. The van der Waals surface area contributed by atoms with Gasteiger partial charge in [-0.15, -0.1) is 0 Å². The molecule has 3 atom stereocenters. The molecule has 1 saturated heterocycles. The molecule has 0 aliphatic carbocycles. The summed E-state index contributed by atoms with van der Waals surface area (Å²) in [6, 6.07) is 13.7. The molecule has 4 aromatic rings. The maximum atomic E-state index is 13.9. The third kappa shape index (κ3) is 7.45. The molecule has 2 heterocycles. The van der Waals surface area contributed by atoms with Gasteiger partial charge in [-0.3, -0.25) is 10.00 Å². The minimum Gasteiger partial charge on any atom is -0.377 e. The van der Waals surface area contributed by atoms with Crippen LogP contribution < -0.4 is 4.90 Å². The second-order valence-electron chi connectivity index (χ2n) is 10.8. The van der Waals surface area contributed by atoms with Crippen molar-refractivity contribution in [3.8, 4) is 11.4 Å². The van der Waals surface area contributed by atoms with E-state index in [2.05, 4.69) is 15.2 Å². The standard InChI is InChI=1S/C31H30F7N5O2/c1-18(20-14-21(30(33,34)35)16-22(15-20)31(36,37)38)45-29-27(19-8-10-23(32)11-9-19)43(12-13-44-29)17-26-39-28(41-40-26)24-6-4-5-7-25(24)42(2)3/h4-11,14-16,18,27,29H,12-13,17H2,1-3H3,(H,39,40,41)/t18-,27+,29-/m1/s1.